The maximum Gasteiger partial charge on any atom is 0.159 e. The summed E-state index contributed by atoms with van der Waals surface area (Å²) < 4.78 is 26.0. The van der Waals surface area contributed by atoms with Crippen LogP contribution in [0.15, 0.2) is 35.0 Å². The van der Waals surface area contributed by atoms with E-state index in [4.69, 9.17) is 0 Å². The van der Waals surface area contributed by atoms with Gasteiger partial charge in [0.25, 0.3) is 0 Å². The molecule has 0 amide bonds. The van der Waals surface area contributed by atoms with Gasteiger partial charge in [0.15, 0.2) is 11.6 Å². The van der Waals surface area contributed by atoms with Crippen molar-refractivity contribution < 1.29 is 8.78 Å². The van der Waals surface area contributed by atoms with Crippen LogP contribution in [0.25, 0.3) is 21.5 Å². The molecule has 0 unspecified atom stereocenters. The fraction of sp³-hybridized carbons (Fsp3) is 0. The first-order valence-electron chi connectivity index (χ1n) is 4.49. The summed E-state index contributed by atoms with van der Waals surface area (Å²) in [5.74, 6) is -1.59. The first-order chi connectivity index (χ1) is 7.24. The molecule has 0 aliphatic rings. The normalized spacial score (nSPS) is 11.3. The molecule has 1 aromatic heterocycles. The van der Waals surface area contributed by atoms with Crippen LogP contribution in [-0.4, -0.2) is 0 Å². The maximum absolute atomic E-state index is 13.0. The largest absolute Gasteiger partial charge is 0.204 e. The van der Waals surface area contributed by atoms with Gasteiger partial charge in [0.2, 0.25) is 0 Å². The van der Waals surface area contributed by atoms with Crippen molar-refractivity contribution in [3.05, 3.63) is 46.7 Å². The maximum atomic E-state index is 13.0. The average molecular weight is 220 g/mol. The Balaban J connectivity index is 2.49. The Bertz CT molecular complexity index is 600. The van der Waals surface area contributed by atoms with Crippen LogP contribution in [0.1, 0.15) is 0 Å². The van der Waals surface area contributed by atoms with E-state index < -0.39 is 11.6 Å². The van der Waals surface area contributed by atoms with Gasteiger partial charge in [-0.1, -0.05) is 0 Å². The standard InChI is InChI=1S/C12H6F2S/c13-11-3-7-1-9-5-15-6-10(9)2-8(7)4-12(11)14/h1-6H. The van der Waals surface area contributed by atoms with Gasteiger partial charge in [-0.05, 0) is 56.6 Å². The van der Waals surface area contributed by atoms with Gasteiger partial charge in [-0.2, -0.15) is 11.3 Å². The zero-order valence-electron chi connectivity index (χ0n) is 7.63. The highest BCUT2D eigenvalue weighted by Gasteiger charge is 2.05. The summed E-state index contributed by atoms with van der Waals surface area (Å²) >= 11 is 1.58. The highest BCUT2D eigenvalue weighted by molar-refractivity contribution is 7.09. The van der Waals surface area contributed by atoms with Crippen molar-refractivity contribution in [2.24, 2.45) is 0 Å². The van der Waals surface area contributed by atoms with Crippen LogP contribution >= 0.6 is 11.3 Å². The third-order valence-corrected chi connectivity index (χ3v) is 3.25. The molecule has 0 saturated carbocycles. The summed E-state index contributed by atoms with van der Waals surface area (Å²) in [6, 6.07) is 6.23. The lowest BCUT2D eigenvalue weighted by Gasteiger charge is -2.00. The van der Waals surface area contributed by atoms with Crippen LogP contribution in [0.3, 0.4) is 0 Å². The number of hydrogen-bond acceptors (Lipinski definition) is 1. The van der Waals surface area contributed by atoms with Crippen LogP contribution in [0.5, 0.6) is 0 Å². The summed E-state index contributed by atoms with van der Waals surface area (Å²) in [6.45, 7) is 0. The molecule has 0 fully saturated rings. The van der Waals surface area contributed by atoms with Crippen LogP contribution < -0.4 is 0 Å². The lowest BCUT2D eigenvalue weighted by atomic mass is 10.1. The van der Waals surface area contributed by atoms with Gasteiger partial charge in [-0.3, -0.25) is 0 Å². The van der Waals surface area contributed by atoms with E-state index in [1.807, 2.05) is 22.9 Å². The summed E-state index contributed by atoms with van der Waals surface area (Å²) in [5.41, 5.74) is 0. The van der Waals surface area contributed by atoms with E-state index in [9.17, 15) is 8.78 Å². The summed E-state index contributed by atoms with van der Waals surface area (Å²) in [4.78, 5) is 0. The van der Waals surface area contributed by atoms with Gasteiger partial charge in [0.1, 0.15) is 0 Å². The van der Waals surface area contributed by atoms with Gasteiger partial charge in [0.05, 0.1) is 0 Å². The Kier molecular flexibility index (Phi) is 1.76. The minimum atomic E-state index is -0.794. The summed E-state index contributed by atoms with van der Waals surface area (Å²) in [5, 5.41) is 7.60. The number of fused-ring (bicyclic) bond motifs is 2. The van der Waals surface area contributed by atoms with E-state index in [0.29, 0.717) is 0 Å². The SMILES string of the molecule is Fc1cc2cc3cscc3cc2cc1F. The second-order valence-corrected chi connectivity index (χ2v) is 4.21. The molecule has 0 radical (unpaired) electrons. The fourth-order valence-corrected chi connectivity index (χ4v) is 2.48. The van der Waals surface area contributed by atoms with Gasteiger partial charge in [-0.15, -0.1) is 0 Å². The Labute approximate surface area is 88.8 Å². The topological polar surface area (TPSA) is 0 Å². The third kappa shape index (κ3) is 1.31. The molecule has 0 saturated heterocycles. The van der Waals surface area contributed by atoms with Gasteiger partial charge < -0.3 is 0 Å². The van der Waals surface area contributed by atoms with E-state index in [1.165, 1.54) is 12.1 Å². The Morgan fingerprint density at radius 3 is 1.60 bits per heavy atom. The minimum Gasteiger partial charge on any atom is -0.204 e. The molecule has 3 heteroatoms. The first kappa shape index (κ1) is 8.80. The van der Waals surface area contributed by atoms with Gasteiger partial charge in [-0.25, -0.2) is 8.78 Å². The lowest BCUT2D eigenvalue weighted by molar-refractivity contribution is 0.511. The smallest absolute Gasteiger partial charge is 0.159 e. The first-order valence-corrected chi connectivity index (χ1v) is 5.43. The summed E-state index contributed by atoms with van der Waals surface area (Å²) in [7, 11) is 0. The molecule has 0 atom stereocenters. The van der Waals surface area contributed by atoms with Gasteiger partial charge in [0, 0.05) is 0 Å². The average Bonchev–Trinajstić information content (AvgIpc) is 2.63. The number of thiophene rings is 1. The Hall–Kier alpha value is -1.48. The quantitative estimate of drug-likeness (QED) is 0.529. The second kappa shape index (κ2) is 3.00. The van der Waals surface area contributed by atoms with Crippen molar-refractivity contribution in [1.82, 2.24) is 0 Å². The highest BCUT2D eigenvalue weighted by atomic mass is 32.1. The molecule has 15 heavy (non-hydrogen) atoms. The molecule has 0 nitrogen and oxygen atoms in total. The zero-order valence-corrected chi connectivity index (χ0v) is 8.44. The van der Waals surface area contributed by atoms with Gasteiger partial charge >= 0.3 is 0 Å². The van der Waals surface area contributed by atoms with E-state index in [2.05, 4.69) is 0 Å². The highest BCUT2D eigenvalue weighted by Crippen LogP contribution is 2.27. The van der Waals surface area contributed by atoms with E-state index in [-0.39, 0.29) is 0 Å². The molecule has 2 aromatic carbocycles. The van der Waals surface area contributed by atoms with Crippen LogP contribution in [0, 0.1) is 11.6 Å². The molecule has 0 aliphatic heterocycles. The summed E-state index contributed by atoms with van der Waals surface area (Å²) in [6.07, 6.45) is 0. The number of benzene rings is 2. The predicted molar refractivity (Wildman–Crippen MR) is 59.2 cm³/mol. The molecule has 0 spiro atoms. The third-order valence-electron chi connectivity index (χ3n) is 2.47. The van der Waals surface area contributed by atoms with Crippen molar-refractivity contribution in [2.75, 3.05) is 0 Å². The minimum absolute atomic E-state index is 0.736. The molecular formula is C12H6F2S. The van der Waals surface area contributed by atoms with E-state index in [1.54, 1.807) is 11.3 Å². The van der Waals surface area contributed by atoms with Crippen molar-refractivity contribution in [3.63, 3.8) is 0 Å². The van der Waals surface area contributed by atoms with Crippen molar-refractivity contribution in [2.45, 2.75) is 0 Å². The molecule has 3 rings (SSSR count). The molecule has 1 heterocycles. The number of halogens is 2. The predicted octanol–water partition coefficient (Wildman–Crippen LogP) is 4.33. The Morgan fingerprint density at radius 2 is 1.13 bits per heavy atom. The Morgan fingerprint density at radius 1 is 0.667 bits per heavy atom. The van der Waals surface area contributed by atoms with Crippen molar-refractivity contribution in [3.8, 4) is 0 Å². The second-order valence-electron chi connectivity index (χ2n) is 3.47. The number of hydrogen-bond donors (Lipinski definition) is 0. The monoisotopic (exact) mass is 220 g/mol. The molecule has 74 valence electrons. The van der Waals surface area contributed by atoms with Crippen LogP contribution in [0.2, 0.25) is 0 Å². The fourth-order valence-electron chi connectivity index (χ4n) is 1.71. The van der Waals surface area contributed by atoms with E-state index in [0.717, 1.165) is 21.5 Å². The molecule has 0 N–H and O–H groups in total. The molecule has 3 aromatic rings. The van der Waals surface area contributed by atoms with Crippen LogP contribution in [0.4, 0.5) is 8.78 Å². The molecular weight excluding hydrogens is 214 g/mol. The van der Waals surface area contributed by atoms with Crippen molar-refractivity contribution >= 4 is 32.9 Å². The zero-order chi connectivity index (χ0) is 10.4. The molecule has 0 aliphatic carbocycles. The molecule has 0 bridgehead atoms. The number of rotatable bonds is 0. The van der Waals surface area contributed by atoms with E-state index >= 15 is 0 Å². The lowest BCUT2D eigenvalue weighted by Crippen LogP contribution is -1.83. The van der Waals surface area contributed by atoms with Crippen molar-refractivity contribution in [1.29, 1.82) is 0 Å². The van der Waals surface area contributed by atoms with Crippen LogP contribution in [-0.2, 0) is 0 Å².